The average molecular weight is 295 g/mol. The van der Waals surface area contributed by atoms with Crippen LogP contribution in [0, 0.1) is 5.92 Å². The van der Waals surface area contributed by atoms with Gasteiger partial charge in [0.15, 0.2) is 0 Å². The molecule has 114 valence electrons. The van der Waals surface area contributed by atoms with Gasteiger partial charge in [-0.15, -0.1) is 11.3 Å². The highest BCUT2D eigenvalue weighted by Gasteiger charge is 2.26. The Bertz CT molecular complexity index is 378. The maximum atomic E-state index is 4.92. The molecule has 1 unspecified atom stereocenters. The van der Waals surface area contributed by atoms with Crippen LogP contribution in [0.15, 0.2) is 5.38 Å². The molecule has 1 fully saturated rings. The molecule has 0 radical (unpaired) electrons. The van der Waals surface area contributed by atoms with Gasteiger partial charge in [0.1, 0.15) is 5.01 Å². The van der Waals surface area contributed by atoms with E-state index in [0.717, 1.165) is 12.5 Å². The number of hydrogen-bond acceptors (Lipinski definition) is 3. The molecule has 0 amide bonds. The molecule has 2 nitrogen and oxygen atoms in total. The zero-order valence-corrected chi connectivity index (χ0v) is 14.1. The fourth-order valence-corrected chi connectivity index (χ4v) is 4.26. The van der Waals surface area contributed by atoms with Crippen LogP contribution in [0.5, 0.6) is 0 Å². The lowest BCUT2D eigenvalue weighted by Crippen LogP contribution is -2.29. The van der Waals surface area contributed by atoms with Crippen LogP contribution in [-0.2, 0) is 0 Å². The summed E-state index contributed by atoms with van der Waals surface area (Å²) in [5.41, 5.74) is 1.27. The number of nitrogens with zero attached hydrogens (tertiary/aromatic N) is 1. The van der Waals surface area contributed by atoms with E-state index >= 15 is 0 Å². The van der Waals surface area contributed by atoms with Crippen LogP contribution in [0.3, 0.4) is 0 Å². The third kappa shape index (κ3) is 4.29. The van der Waals surface area contributed by atoms with Crippen molar-refractivity contribution in [2.75, 3.05) is 6.54 Å². The van der Waals surface area contributed by atoms with Crippen molar-refractivity contribution in [2.45, 2.75) is 77.7 Å². The van der Waals surface area contributed by atoms with Crippen LogP contribution in [0.25, 0.3) is 0 Å². The first-order valence-electron chi connectivity index (χ1n) is 8.41. The second-order valence-electron chi connectivity index (χ2n) is 6.45. The second kappa shape index (κ2) is 8.14. The van der Waals surface area contributed by atoms with Crippen molar-refractivity contribution in [2.24, 2.45) is 5.92 Å². The fourth-order valence-electron chi connectivity index (χ4n) is 3.11. The molecule has 1 aromatic heterocycles. The lowest BCUT2D eigenvalue weighted by Gasteiger charge is -2.25. The van der Waals surface area contributed by atoms with Gasteiger partial charge in [-0.1, -0.05) is 46.5 Å². The van der Waals surface area contributed by atoms with Crippen molar-refractivity contribution >= 4 is 11.3 Å². The largest absolute Gasteiger partial charge is 0.308 e. The highest BCUT2D eigenvalue weighted by Crippen LogP contribution is 2.35. The van der Waals surface area contributed by atoms with Gasteiger partial charge in [0.25, 0.3) is 0 Å². The maximum Gasteiger partial charge on any atom is 0.110 e. The average Bonchev–Trinajstić information content (AvgIpc) is 2.77. The lowest BCUT2D eigenvalue weighted by atomic mass is 9.92. The standard InChI is InChI=1S/C17H30N2S/c1-4-11-18-16(14-9-7-5-6-8-10-14)17-19-15(12-20-17)13(2)3/h12-14,16,18H,4-11H2,1-3H3. The molecule has 0 spiro atoms. The normalized spacial score (nSPS) is 19.2. The Balaban J connectivity index is 2.11. The molecule has 3 heteroatoms. The summed E-state index contributed by atoms with van der Waals surface area (Å²) in [5, 5.41) is 7.37. The van der Waals surface area contributed by atoms with Crippen LogP contribution in [-0.4, -0.2) is 11.5 Å². The number of thiazole rings is 1. The molecule has 1 aliphatic carbocycles. The smallest absolute Gasteiger partial charge is 0.110 e. The molecule has 0 bridgehead atoms. The van der Waals surface area contributed by atoms with E-state index in [1.54, 1.807) is 0 Å². The molecule has 1 heterocycles. The van der Waals surface area contributed by atoms with Gasteiger partial charge in [0, 0.05) is 5.38 Å². The van der Waals surface area contributed by atoms with Crippen LogP contribution in [0.1, 0.15) is 88.4 Å². The molecule has 1 saturated carbocycles. The van der Waals surface area contributed by atoms with E-state index in [9.17, 15) is 0 Å². The van der Waals surface area contributed by atoms with E-state index in [1.165, 1.54) is 55.6 Å². The van der Waals surface area contributed by atoms with Gasteiger partial charge in [-0.05, 0) is 37.6 Å². The third-order valence-electron chi connectivity index (χ3n) is 4.38. The summed E-state index contributed by atoms with van der Waals surface area (Å²) in [6.07, 6.45) is 9.59. The quantitative estimate of drug-likeness (QED) is 0.722. The molecule has 20 heavy (non-hydrogen) atoms. The van der Waals surface area contributed by atoms with Crippen LogP contribution < -0.4 is 5.32 Å². The first-order chi connectivity index (χ1) is 9.72. The highest BCUT2D eigenvalue weighted by molar-refractivity contribution is 7.09. The summed E-state index contributed by atoms with van der Waals surface area (Å²) < 4.78 is 0. The second-order valence-corrected chi connectivity index (χ2v) is 7.34. The number of rotatable bonds is 6. The van der Waals surface area contributed by atoms with Gasteiger partial charge >= 0.3 is 0 Å². The minimum atomic E-state index is 0.491. The molecule has 1 aromatic rings. The Hall–Kier alpha value is -0.410. The van der Waals surface area contributed by atoms with E-state index < -0.39 is 0 Å². The number of aromatic nitrogens is 1. The lowest BCUT2D eigenvalue weighted by molar-refractivity contribution is 0.324. The molecule has 0 aliphatic heterocycles. The van der Waals surface area contributed by atoms with Crippen molar-refractivity contribution in [1.29, 1.82) is 0 Å². The molecule has 1 atom stereocenters. The predicted molar refractivity (Wildman–Crippen MR) is 88.4 cm³/mol. The van der Waals surface area contributed by atoms with Gasteiger partial charge < -0.3 is 5.32 Å². The fraction of sp³-hybridized carbons (Fsp3) is 0.824. The van der Waals surface area contributed by atoms with E-state index in [2.05, 4.69) is 31.5 Å². The van der Waals surface area contributed by atoms with Gasteiger partial charge in [-0.3, -0.25) is 0 Å². The Kier molecular flexibility index (Phi) is 6.50. The Morgan fingerprint density at radius 3 is 2.50 bits per heavy atom. The van der Waals surface area contributed by atoms with Crippen LogP contribution in [0.4, 0.5) is 0 Å². The van der Waals surface area contributed by atoms with Crippen LogP contribution in [0.2, 0.25) is 0 Å². The molecule has 2 rings (SSSR count). The summed E-state index contributed by atoms with van der Waals surface area (Å²) in [7, 11) is 0. The van der Waals surface area contributed by atoms with Crippen molar-refractivity contribution in [3.05, 3.63) is 16.1 Å². The molecule has 0 saturated heterocycles. The van der Waals surface area contributed by atoms with Crippen LogP contribution >= 0.6 is 11.3 Å². The zero-order chi connectivity index (χ0) is 14.4. The van der Waals surface area contributed by atoms with Crippen molar-refractivity contribution in [3.63, 3.8) is 0 Å². The Morgan fingerprint density at radius 2 is 1.95 bits per heavy atom. The zero-order valence-electron chi connectivity index (χ0n) is 13.3. The predicted octanol–water partition coefficient (Wildman–Crippen LogP) is 5.28. The van der Waals surface area contributed by atoms with E-state index in [0.29, 0.717) is 12.0 Å². The monoisotopic (exact) mass is 294 g/mol. The molecule has 1 N–H and O–H groups in total. The summed E-state index contributed by atoms with van der Waals surface area (Å²) in [6, 6.07) is 0.491. The number of nitrogens with one attached hydrogen (secondary N) is 1. The Morgan fingerprint density at radius 1 is 1.25 bits per heavy atom. The first kappa shape index (κ1) is 16.0. The van der Waals surface area contributed by atoms with Crippen molar-refractivity contribution in [3.8, 4) is 0 Å². The van der Waals surface area contributed by atoms with E-state index in [1.807, 2.05) is 11.3 Å². The molecular weight excluding hydrogens is 264 g/mol. The topological polar surface area (TPSA) is 24.9 Å². The SMILES string of the molecule is CCCNC(c1nc(C(C)C)cs1)C1CCCCCC1. The first-order valence-corrected chi connectivity index (χ1v) is 9.29. The van der Waals surface area contributed by atoms with Gasteiger partial charge in [-0.25, -0.2) is 4.98 Å². The van der Waals surface area contributed by atoms with Crippen molar-refractivity contribution in [1.82, 2.24) is 10.3 Å². The third-order valence-corrected chi connectivity index (χ3v) is 5.33. The molecule has 0 aromatic carbocycles. The Labute approximate surface area is 128 Å². The van der Waals surface area contributed by atoms with E-state index in [4.69, 9.17) is 4.98 Å². The molecular formula is C17H30N2S. The molecule has 1 aliphatic rings. The minimum Gasteiger partial charge on any atom is -0.308 e. The summed E-state index contributed by atoms with van der Waals surface area (Å²) in [5.74, 6) is 1.33. The highest BCUT2D eigenvalue weighted by atomic mass is 32.1. The van der Waals surface area contributed by atoms with Crippen molar-refractivity contribution < 1.29 is 0 Å². The van der Waals surface area contributed by atoms with E-state index in [-0.39, 0.29) is 0 Å². The summed E-state index contributed by atoms with van der Waals surface area (Å²) in [6.45, 7) is 7.83. The van der Waals surface area contributed by atoms with Gasteiger partial charge in [0.2, 0.25) is 0 Å². The summed E-state index contributed by atoms with van der Waals surface area (Å²) in [4.78, 5) is 4.92. The van der Waals surface area contributed by atoms with Gasteiger partial charge in [0.05, 0.1) is 11.7 Å². The summed E-state index contributed by atoms with van der Waals surface area (Å²) >= 11 is 1.86. The number of hydrogen-bond donors (Lipinski definition) is 1. The minimum absolute atomic E-state index is 0.491. The maximum absolute atomic E-state index is 4.92. The van der Waals surface area contributed by atoms with Gasteiger partial charge in [-0.2, -0.15) is 0 Å².